The predicted molar refractivity (Wildman–Crippen MR) is 119 cm³/mol. The molecule has 2 atom stereocenters. The molecular weight excluding hydrogens is 438 g/mol. The number of hydrogen-bond acceptors (Lipinski definition) is 5. The third-order valence-electron chi connectivity index (χ3n) is 5.89. The van der Waals surface area contributed by atoms with E-state index >= 15 is 0 Å². The van der Waals surface area contributed by atoms with E-state index in [4.69, 9.17) is 18.2 Å². The number of halogens is 3. The van der Waals surface area contributed by atoms with Crippen LogP contribution < -0.4 is 10.6 Å². The maximum absolute atomic E-state index is 13.7. The number of hydrogen-bond donors (Lipinski definition) is 0. The molecule has 3 aromatic rings. The standard InChI is InChI=1S/C22H21ClF2N6O/c1-12-10-31(13(2)9-30(12)11-14-7-16(24)17(25)8-15(14)23)21-20-18(29(4)22(32)28-21)5-6-19(26-3)27-20/h5-8,12-13H,9-11H2,1-2,4H3/t12-,13+/m1/s1. The number of fused-ring (bicyclic) bond motifs is 1. The summed E-state index contributed by atoms with van der Waals surface area (Å²) >= 11 is 6.13. The van der Waals surface area contributed by atoms with Crippen LogP contribution in [0.25, 0.3) is 15.9 Å². The second-order valence-corrected chi connectivity index (χ2v) is 8.47. The zero-order valence-electron chi connectivity index (χ0n) is 17.8. The van der Waals surface area contributed by atoms with Crippen LogP contribution in [-0.2, 0) is 13.6 Å². The molecule has 2 aromatic heterocycles. The first-order valence-electron chi connectivity index (χ1n) is 10.1. The SMILES string of the molecule is [C-]#[N+]c1ccc2c(n1)c(N1C[C@@H](C)N(Cc3cc(F)c(F)cc3Cl)C[C@@H]1C)nc(=O)n2C. The summed E-state index contributed by atoms with van der Waals surface area (Å²) in [4.78, 5) is 28.7. The van der Waals surface area contributed by atoms with Gasteiger partial charge in [-0.25, -0.2) is 13.6 Å². The largest absolute Gasteiger partial charge is 0.361 e. The van der Waals surface area contributed by atoms with Gasteiger partial charge in [0.25, 0.3) is 5.82 Å². The van der Waals surface area contributed by atoms with Gasteiger partial charge in [-0.3, -0.25) is 9.47 Å². The van der Waals surface area contributed by atoms with Crippen molar-refractivity contribution in [3.63, 3.8) is 0 Å². The van der Waals surface area contributed by atoms with Crippen LogP contribution in [0.4, 0.5) is 20.4 Å². The van der Waals surface area contributed by atoms with Crippen molar-refractivity contribution in [1.29, 1.82) is 0 Å². The maximum Gasteiger partial charge on any atom is 0.350 e. The number of benzene rings is 1. The van der Waals surface area contributed by atoms with Gasteiger partial charge in [0.2, 0.25) is 5.52 Å². The zero-order chi connectivity index (χ0) is 23.2. The first kappa shape index (κ1) is 22.1. The van der Waals surface area contributed by atoms with E-state index in [1.54, 1.807) is 19.2 Å². The molecule has 0 saturated carbocycles. The molecule has 32 heavy (non-hydrogen) atoms. The van der Waals surface area contributed by atoms with Gasteiger partial charge in [-0.15, -0.1) is 4.98 Å². The zero-order valence-corrected chi connectivity index (χ0v) is 18.6. The van der Waals surface area contributed by atoms with E-state index in [-0.39, 0.29) is 22.9 Å². The van der Waals surface area contributed by atoms with Gasteiger partial charge in [0.15, 0.2) is 17.5 Å². The van der Waals surface area contributed by atoms with Crippen molar-refractivity contribution in [2.24, 2.45) is 7.05 Å². The Balaban J connectivity index is 1.67. The minimum absolute atomic E-state index is 0.000310. The van der Waals surface area contributed by atoms with E-state index in [0.29, 0.717) is 42.0 Å². The number of aryl methyl sites for hydroxylation is 1. The van der Waals surface area contributed by atoms with E-state index < -0.39 is 17.3 Å². The molecule has 1 aliphatic heterocycles. The van der Waals surface area contributed by atoms with Crippen LogP contribution in [0.1, 0.15) is 19.4 Å². The molecule has 1 saturated heterocycles. The molecule has 166 valence electrons. The van der Waals surface area contributed by atoms with E-state index in [0.717, 1.165) is 12.1 Å². The van der Waals surface area contributed by atoms with E-state index in [1.807, 2.05) is 18.7 Å². The molecule has 7 nitrogen and oxygen atoms in total. The molecule has 0 radical (unpaired) electrons. The maximum atomic E-state index is 13.7. The smallest absolute Gasteiger partial charge is 0.350 e. The number of piperazine rings is 1. The van der Waals surface area contributed by atoms with Crippen LogP contribution in [0.2, 0.25) is 5.02 Å². The Morgan fingerprint density at radius 1 is 1.16 bits per heavy atom. The van der Waals surface area contributed by atoms with Gasteiger partial charge in [-0.2, -0.15) is 4.98 Å². The number of anilines is 1. The molecule has 0 aliphatic carbocycles. The first-order chi connectivity index (χ1) is 15.2. The fourth-order valence-corrected chi connectivity index (χ4v) is 4.29. The van der Waals surface area contributed by atoms with Crippen LogP contribution >= 0.6 is 11.6 Å². The van der Waals surface area contributed by atoms with Gasteiger partial charge < -0.3 is 9.74 Å². The van der Waals surface area contributed by atoms with Crippen molar-refractivity contribution in [2.45, 2.75) is 32.5 Å². The summed E-state index contributed by atoms with van der Waals surface area (Å²) in [5.74, 6) is -1.23. The average molecular weight is 459 g/mol. The molecule has 3 heterocycles. The Kier molecular flexibility index (Phi) is 5.84. The van der Waals surface area contributed by atoms with E-state index in [2.05, 4.69) is 19.7 Å². The van der Waals surface area contributed by atoms with Gasteiger partial charge in [0, 0.05) is 43.8 Å². The Morgan fingerprint density at radius 3 is 2.59 bits per heavy atom. The van der Waals surface area contributed by atoms with Gasteiger partial charge in [-0.05, 0) is 43.7 Å². The minimum Gasteiger partial charge on any atom is -0.361 e. The average Bonchev–Trinajstić information content (AvgIpc) is 2.76. The highest BCUT2D eigenvalue weighted by atomic mass is 35.5. The van der Waals surface area contributed by atoms with Crippen LogP contribution in [0.5, 0.6) is 0 Å². The lowest BCUT2D eigenvalue weighted by atomic mass is 10.1. The summed E-state index contributed by atoms with van der Waals surface area (Å²) in [6.45, 7) is 12.7. The van der Waals surface area contributed by atoms with Crippen molar-refractivity contribution in [2.75, 3.05) is 18.0 Å². The summed E-state index contributed by atoms with van der Waals surface area (Å²) in [6.07, 6.45) is 0. The van der Waals surface area contributed by atoms with Crippen LogP contribution in [0.3, 0.4) is 0 Å². The fraction of sp³-hybridized carbons (Fsp3) is 0.364. The lowest BCUT2D eigenvalue weighted by Gasteiger charge is -2.44. The lowest BCUT2D eigenvalue weighted by molar-refractivity contribution is 0.157. The second-order valence-electron chi connectivity index (χ2n) is 8.06. The highest BCUT2D eigenvalue weighted by Gasteiger charge is 2.33. The van der Waals surface area contributed by atoms with Crippen molar-refractivity contribution >= 4 is 34.3 Å². The van der Waals surface area contributed by atoms with Crippen LogP contribution in [-0.4, -0.2) is 44.6 Å². The Morgan fingerprint density at radius 2 is 1.88 bits per heavy atom. The lowest BCUT2D eigenvalue weighted by Crippen LogP contribution is -2.56. The number of rotatable bonds is 3. The van der Waals surface area contributed by atoms with Crippen molar-refractivity contribution in [3.8, 4) is 0 Å². The van der Waals surface area contributed by atoms with Gasteiger partial charge in [0.05, 0.1) is 5.52 Å². The van der Waals surface area contributed by atoms with Crippen molar-refractivity contribution < 1.29 is 8.78 Å². The number of aromatic nitrogens is 3. The molecule has 1 aromatic carbocycles. The molecule has 0 spiro atoms. The Labute approximate surface area is 188 Å². The quantitative estimate of drug-likeness (QED) is 0.440. The van der Waals surface area contributed by atoms with E-state index in [1.165, 1.54) is 4.57 Å². The summed E-state index contributed by atoms with van der Waals surface area (Å²) in [6, 6.07) is 5.35. The molecule has 0 N–H and O–H groups in total. The van der Waals surface area contributed by atoms with E-state index in [9.17, 15) is 13.6 Å². The molecule has 0 bridgehead atoms. The molecule has 1 aliphatic rings. The van der Waals surface area contributed by atoms with Gasteiger partial charge in [-0.1, -0.05) is 18.2 Å². The molecule has 4 rings (SSSR count). The second kappa shape index (κ2) is 8.45. The summed E-state index contributed by atoms with van der Waals surface area (Å²) < 4.78 is 28.6. The Hall–Kier alpha value is -3.09. The normalized spacial score (nSPS) is 19.3. The number of nitrogens with zero attached hydrogens (tertiary/aromatic N) is 6. The molecule has 0 amide bonds. The molecular formula is C22H21ClF2N6O. The van der Waals surface area contributed by atoms with Gasteiger partial charge in [0.1, 0.15) is 0 Å². The van der Waals surface area contributed by atoms with Crippen LogP contribution in [0.15, 0.2) is 29.1 Å². The van der Waals surface area contributed by atoms with Crippen molar-refractivity contribution in [1.82, 2.24) is 19.4 Å². The molecule has 0 unspecified atom stereocenters. The summed E-state index contributed by atoms with van der Waals surface area (Å²) in [7, 11) is 1.62. The topological polar surface area (TPSA) is 58.6 Å². The predicted octanol–water partition coefficient (Wildman–Crippen LogP) is 3.91. The molecule has 10 heteroatoms. The molecule has 1 fully saturated rings. The van der Waals surface area contributed by atoms with Crippen molar-refractivity contribution in [3.05, 3.63) is 68.4 Å². The third kappa shape index (κ3) is 3.92. The minimum atomic E-state index is -0.972. The third-order valence-corrected chi connectivity index (χ3v) is 6.24. The van der Waals surface area contributed by atoms with Gasteiger partial charge >= 0.3 is 5.69 Å². The highest BCUT2D eigenvalue weighted by Crippen LogP contribution is 2.30. The highest BCUT2D eigenvalue weighted by molar-refractivity contribution is 6.31. The Bertz CT molecular complexity index is 1300. The van der Waals surface area contributed by atoms with Crippen LogP contribution in [0, 0.1) is 18.2 Å². The first-order valence-corrected chi connectivity index (χ1v) is 10.5. The fourth-order valence-electron chi connectivity index (χ4n) is 4.08. The monoisotopic (exact) mass is 458 g/mol. The number of pyridine rings is 1. The summed E-state index contributed by atoms with van der Waals surface area (Å²) in [5.41, 5.74) is 1.21. The summed E-state index contributed by atoms with van der Waals surface area (Å²) in [5, 5.41) is 0.182.